The third-order valence-corrected chi connectivity index (χ3v) is 2.43. The summed E-state index contributed by atoms with van der Waals surface area (Å²) in [5.74, 6) is -1.28. The van der Waals surface area contributed by atoms with Crippen molar-refractivity contribution in [3.8, 4) is 0 Å². The quantitative estimate of drug-likeness (QED) is 0.812. The summed E-state index contributed by atoms with van der Waals surface area (Å²) in [5.41, 5.74) is -0.543. The number of halogens is 2. The lowest BCUT2D eigenvalue weighted by Crippen LogP contribution is -2.33. The minimum absolute atomic E-state index is 0.0337. The van der Waals surface area contributed by atoms with Crippen molar-refractivity contribution in [3.05, 3.63) is 10.6 Å². The van der Waals surface area contributed by atoms with Crippen LogP contribution in [0.25, 0.3) is 0 Å². The van der Waals surface area contributed by atoms with Crippen LogP contribution in [0.15, 0.2) is 10.6 Å². The molecule has 0 saturated heterocycles. The van der Waals surface area contributed by atoms with Crippen LogP contribution in [0.4, 0.5) is 0 Å². The molecule has 0 spiro atoms. The summed E-state index contributed by atoms with van der Waals surface area (Å²) >= 11 is 11.1. The molecule has 0 rings (SSSR count). The zero-order valence-electron chi connectivity index (χ0n) is 8.84. The first-order valence-corrected chi connectivity index (χ1v) is 5.20. The van der Waals surface area contributed by atoms with Gasteiger partial charge < -0.3 is 5.11 Å². The van der Waals surface area contributed by atoms with Crippen LogP contribution in [0.3, 0.4) is 0 Å². The lowest BCUT2D eigenvalue weighted by atomic mass is 9.73. The van der Waals surface area contributed by atoms with E-state index in [1.165, 1.54) is 0 Å². The fraction of sp³-hybridized carbons (Fsp3) is 0.700. The minimum Gasteiger partial charge on any atom is -0.481 e. The summed E-state index contributed by atoms with van der Waals surface area (Å²) in [5, 5.41) is 9.08. The highest BCUT2D eigenvalue weighted by atomic mass is 35.5. The normalized spacial score (nSPS) is 13.9. The molecule has 82 valence electrons. The summed E-state index contributed by atoms with van der Waals surface area (Å²) in [4.78, 5) is 11.1. The number of allylic oxidation sites excluding steroid dienone is 1. The average molecular weight is 239 g/mol. The van der Waals surface area contributed by atoms with Gasteiger partial charge in [0.05, 0.1) is 5.92 Å². The number of rotatable bonds is 4. The summed E-state index contributed by atoms with van der Waals surface area (Å²) in [6.07, 6.45) is 1.58. The molecule has 1 atom stereocenters. The van der Waals surface area contributed by atoms with Gasteiger partial charge in [0.1, 0.15) is 4.49 Å². The van der Waals surface area contributed by atoms with Gasteiger partial charge >= 0.3 is 5.97 Å². The van der Waals surface area contributed by atoms with Gasteiger partial charge in [0, 0.05) is 0 Å². The molecule has 0 bridgehead atoms. The Bertz CT molecular complexity index is 241. The number of hydrogen-bond acceptors (Lipinski definition) is 1. The van der Waals surface area contributed by atoms with E-state index in [1.807, 2.05) is 27.7 Å². The maximum absolute atomic E-state index is 11.1. The fourth-order valence-corrected chi connectivity index (χ4v) is 2.40. The third kappa shape index (κ3) is 3.89. The van der Waals surface area contributed by atoms with Crippen molar-refractivity contribution in [2.45, 2.75) is 27.7 Å². The molecule has 2 nitrogen and oxygen atoms in total. The third-order valence-electron chi connectivity index (χ3n) is 2.22. The predicted octanol–water partition coefficient (Wildman–Crippen LogP) is 3.69. The van der Waals surface area contributed by atoms with Crippen LogP contribution in [0.1, 0.15) is 27.7 Å². The monoisotopic (exact) mass is 238 g/mol. The molecule has 14 heavy (non-hydrogen) atoms. The van der Waals surface area contributed by atoms with Crippen LogP contribution in [0.5, 0.6) is 0 Å². The van der Waals surface area contributed by atoms with Crippen molar-refractivity contribution >= 4 is 29.2 Å². The molecule has 0 aliphatic heterocycles. The molecule has 1 N–H and O–H groups in total. The second-order valence-corrected chi connectivity index (χ2v) is 5.32. The van der Waals surface area contributed by atoms with Crippen molar-refractivity contribution in [3.63, 3.8) is 0 Å². The van der Waals surface area contributed by atoms with E-state index in [2.05, 4.69) is 0 Å². The Kier molecular flexibility index (Phi) is 4.96. The molecule has 4 heteroatoms. The Morgan fingerprint density at radius 1 is 1.36 bits per heavy atom. The summed E-state index contributed by atoms with van der Waals surface area (Å²) in [6, 6.07) is 0. The van der Waals surface area contributed by atoms with Crippen molar-refractivity contribution in [1.82, 2.24) is 0 Å². The maximum atomic E-state index is 11.1. The number of aliphatic carboxylic acids is 1. The van der Waals surface area contributed by atoms with Crippen molar-refractivity contribution in [2.75, 3.05) is 0 Å². The summed E-state index contributed by atoms with van der Waals surface area (Å²) in [6.45, 7) is 7.38. The lowest BCUT2D eigenvalue weighted by molar-refractivity contribution is -0.146. The molecule has 0 radical (unpaired) electrons. The molecule has 0 aromatic heterocycles. The van der Waals surface area contributed by atoms with E-state index in [1.54, 1.807) is 6.08 Å². The van der Waals surface area contributed by atoms with Crippen LogP contribution < -0.4 is 0 Å². The topological polar surface area (TPSA) is 37.3 Å². The van der Waals surface area contributed by atoms with Crippen LogP contribution in [-0.4, -0.2) is 11.1 Å². The van der Waals surface area contributed by atoms with E-state index in [-0.39, 0.29) is 10.4 Å². The van der Waals surface area contributed by atoms with Crippen molar-refractivity contribution in [2.24, 2.45) is 17.3 Å². The molecule has 0 fully saturated rings. The fourth-order valence-electron chi connectivity index (χ4n) is 1.83. The number of carboxylic acid groups (broad SMARTS) is 1. The van der Waals surface area contributed by atoms with E-state index < -0.39 is 17.3 Å². The van der Waals surface area contributed by atoms with Crippen LogP contribution in [0, 0.1) is 17.3 Å². The molecule has 0 heterocycles. The van der Waals surface area contributed by atoms with Crippen molar-refractivity contribution in [1.29, 1.82) is 0 Å². The van der Waals surface area contributed by atoms with Gasteiger partial charge in [-0.3, -0.25) is 4.79 Å². The maximum Gasteiger partial charge on any atom is 0.307 e. The van der Waals surface area contributed by atoms with Gasteiger partial charge in [-0.15, -0.1) is 0 Å². The number of carboxylic acids is 1. The second kappa shape index (κ2) is 5.04. The first kappa shape index (κ1) is 13.8. The number of hydrogen-bond donors (Lipinski definition) is 1. The highest BCUT2D eigenvalue weighted by Gasteiger charge is 2.36. The van der Waals surface area contributed by atoms with Gasteiger partial charge in [-0.2, -0.15) is 0 Å². The van der Waals surface area contributed by atoms with E-state index >= 15 is 0 Å². The Hall–Kier alpha value is -0.210. The smallest absolute Gasteiger partial charge is 0.307 e. The van der Waals surface area contributed by atoms with Crippen LogP contribution >= 0.6 is 23.2 Å². The molecule has 0 aliphatic rings. The van der Waals surface area contributed by atoms with E-state index in [0.29, 0.717) is 0 Å². The van der Waals surface area contributed by atoms with E-state index in [9.17, 15) is 4.79 Å². The molecule has 0 aromatic carbocycles. The van der Waals surface area contributed by atoms with Crippen LogP contribution in [-0.2, 0) is 4.79 Å². The average Bonchev–Trinajstić information content (AvgIpc) is 1.77. The Morgan fingerprint density at radius 3 is 2.00 bits per heavy atom. The molecule has 0 aromatic rings. The Balaban J connectivity index is 5.00. The van der Waals surface area contributed by atoms with E-state index in [0.717, 1.165) is 0 Å². The van der Waals surface area contributed by atoms with Gasteiger partial charge in [-0.25, -0.2) is 0 Å². The summed E-state index contributed by atoms with van der Waals surface area (Å²) < 4.78 is 0.113. The predicted molar refractivity (Wildman–Crippen MR) is 59.5 cm³/mol. The molecule has 0 amide bonds. The Labute approximate surface area is 94.9 Å². The van der Waals surface area contributed by atoms with Gasteiger partial charge in [0.25, 0.3) is 0 Å². The first-order valence-electron chi connectivity index (χ1n) is 4.45. The van der Waals surface area contributed by atoms with Crippen molar-refractivity contribution < 1.29 is 9.90 Å². The molecule has 0 aliphatic carbocycles. The Morgan fingerprint density at radius 2 is 1.79 bits per heavy atom. The second-order valence-electron chi connectivity index (χ2n) is 4.32. The summed E-state index contributed by atoms with van der Waals surface area (Å²) in [7, 11) is 0. The zero-order valence-corrected chi connectivity index (χ0v) is 10.4. The highest BCUT2D eigenvalue weighted by Crippen LogP contribution is 2.36. The standard InChI is InChI=1S/C10H16Cl2O2/c1-6(2)8(9(13)14)10(3,4)5-7(11)12/h5-6,8H,1-4H3,(H,13,14). The van der Waals surface area contributed by atoms with E-state index in [4.69, 9.17) is 28.3 Å². The highest BCUT2D eigenvalue weighted by molar-refractivity contribution is 6.55. The van der Waals surface area contributed by atoms with Gasteiger partial charge in [0.15, 0.2) is 0 Å². The first-order chi connectivity index (χ1) is 6.18. The van der Waals surface area contributed by atoms with Gasteiger partial charge in [-0.1, -0.05) is 50.9 Å². The molecule has 1 unspecified atom stereocenters. The molecular weight excluding hydrogens is 223 g/mol. The van der Waals surface area contributed by atoms with Gasteiger partial charge in [-0.05, 0) is 17.4 Å². The zero-order chi connectivity index (χ0) is 11.5. The van der Waals surface area contributed by atoms with Crippen LogP contribution in [0.2, 0.25) is 0 Å². The minimum atomic E-state index is -0.823. The molecular formula is C10H16Cl2O2. The largest absolute Gasteiger partial charge is 0.481 e. The molecule has 0 saturated carbocycles. The van der Waals surface area contributed by atoms with Gasteiger partial charge in [0.2, 0.25) is 0 Å². The lowest BCUT2D eigenvalue weighted by Gasteiger charge is -2.31. The number of carbonyl (C=O) groups is 1. The SMILES string of the molecule is CC(C)C(C(=O)O)C(C)(C)C=C(Cl)Cl.